The van der Waals surface area contributed by atoms with Crippen LogP contribution in [0.4, 0.5) is 5.82 Å². The van der Waals surface area contributed by atoms with E-state index in [1.165, 1.54) is 0 Å². The first-order chi connectivity index (χ1) is 8.31. The minimum atomic E-state index is -0.0875. The summed E-state index contributed by atoms with van der Waals surface area (Å²) in [5.74, 6) is 0.390. The molecule has 0 bridgehead atoms. The Kier molecular flexibility index (Phi) is 3.54. The molecule has 2 aromatic rings. The van der Waals surface area contributed by atoms with E-state index >= 15 is 0 Å². The van der Waals surface area contributed by atoms with E-state index in [1.54, 1.807) is 27.8 Å². The van der Waals surface area contributed by atoms with Crippen LogP contribution in [0.1, 0.15) is 6.92 Å². The molecular weight excluding hydrogens is 218 g/mol. The van der Waals surface area contributed by atoms with Crippen molar-refractivity contribution >= 4 is 5.82 Å². The van der Waals surface area contributed by atoms with Crippen molar-refractivity contribution in [3.05, 3.63) is 41.2 Å². The van der Waals surface area contributed by atoms with Crippen molar-refractivity contribution in [1.82, 2.24) is 19.3 Å². The third-order valence-corrected chi connectivity index (χ3v) is 2.45. The zero-order valence-electron chi connectivity index (χ0n) is 9.71. The van der Waals surface area contributed by atoms with Gasteiger partial charge in [-0.25, -0.2) is 4.98 Å². The van der Waals surface area contributed by atoms with Gasteiger partial charge in [0.05, 0.1) is 6.54 Å². The highest BCUT2D eigenvalue weighted by molar-refractivity contribution is 5.30. The maximum Gasteiger partial charge on any atom is 0.293 e. The molecule has 6 heteroatoms. The number of anilines is 1. The van der Waals surface area contributed by atoms with Crippen molar-refractivity contribution in [2.45, 2.75) is 20.0 Å². The molecule has 0 spiro atoms. The third-order valence-electron chi connectivity index (χ3n) is 2.45. The van der Waals surface area contributed by atoms with Crippen LogP contribution in [0.3, 0.4) is 0 Å². The molecule has 1 N–H and O–H groups in total. The van der Waals surface area contributed by atoms with Crippen molar-refractivity contribution in [1.29, 1.82) is 0 Å². The Hall–Kier alpha value is -2.11. The number of aryl methyl sites for hydroxylation is 1. The molecule has 0 amide bonds. The number of rotatable bonds is 5. The van der Waals surface area contributed by atoms with E-state index in [0.717, 1.165) is 0 Å². The molecule has 2 aromatic heterocycles. The van der Waals surface area contributed by atoms with Crippen LogP contribution in [0, 0.1) is 0 Å². The topological polar surface area (TPSA) is 64.7 Å². The minimum Gasteiger partial charge on any atom is -0.364 e. The fourth-order valence-electron chi connectivity index (χ4n) is 1.54. The van der Waals surface area contributed by atoms with E-state index in [-0.39, 0.29) is 5.56 Å². The highest BCUT2D eigenvalue weighted by Crippen LogP contribution is 1.93. The SMILES string of the molecule is CCn1ccnc(NCCn2cccn2)c1=O. The summed E-state index contributed by atoms with van der Waals surface area (Å²) in [6.45, 7) is 3.90. The van der Waals surface area contributed by atoms with Crippen LogP contribution >= 0.6 is 0 Å². The normalized spacial score (nSPS) is 10.4. The van der Waals surface area contributed by atoms with Crippen LogP contribution in [-0.2, 0) is 13.1 Å². The molecule has 0 aliphatic carbocycles. The zero-order valence-corrected chi connectivity index (χ0v) is 9.71. The van der Waals surface area contributed by atoms with Crippen molar-refractivity contribution in [3.8, 4) is 0 Å². The van der Waals surface area contributed by atoms with Crippen LogP contribution in [0.2, 0.25) is 0 Å². The summed E-state index contributed by atoms with van der Waals surface area (Å²) in [4.78, 5) is 15.8. The van der Waals surface area contributed by atoms with Gasteiger partial charge in [-0.05, 0) is 13.0 Å². The molecule has 0 saturated carbocycles. The number of nitrogens with one attached hydrogen (secondary N) is 1. The van der Waals surface area contributed by atoms with Crippen LogP contribution in [0.5, 0.6) is 0 Å². The van der Waals surface area contributed by atoms with Crippen molar-refractivity contribution in [3.63, 3.8) is 0 Å². The predicted octanol–water partition coefficient (Wildman–Crippen LogP) is 0.572. The van der Waals surface area contributed by atoms with Gasteiger partial charge in [0, 0.05) is 37.9 Å². The fourth-order valence-corrected chi connectivity index (χ4v) is 1.54. The van der Waals surface area contributed by atoms with E-state index in [2.05, 4.69) is 15.4 Å². The molecule has 0 aromatic carbocycles. The first kappa shape index (κ1) is 11.4. The molecule has 0 fully saturated rings. The smallest absolute Gasteiger partial charge is 0.293 e. The molecule has 0 unspecified atom stereocenters. The average Bonchev–Trinajstić information content (AvgIpc) is 2.84. The maximum absolute atomic E-state index is 11.8. The van der Waals surface area contributed by atoms with Gasteiger partial charge in [-0.15, -0.1) is 0 Å². The lowest BCUT2D eigenvalue weighted by atomic mass is 10.5. The average molecular weight is 233 g/mol. The lowest BCUT2D eigenvalue weighted by Crippen LogP contribution is -2.25. The molecule has 0 aliphatic heterocycles. The zero-order chi connectivity index (χ0) is 12.1. The Labute approximate surface area is 98.9 Å². The van der Waals surface area contributed by atoms with Gasteiger partial charge in [0.15, 0.2) is 5.82 Å². The summed E-state index contributed by atoms with van der Waals surface area (Å²) < 4.78 is 3.41. The summed E-state index contributed by atoms with van der Waals surface area (Å²) in [6.07, 6.45) is 6.91. The molecule has 0 atom stereocenters. The Morgan fingerprint density at radius 2 is 2.24 bits per heavy atom. The van der Waals surface area contributed by atoms with E-state index in [0.29, 0.717) is 25.5 Å². The Morgan fingerprint density at radius 1 is 1.35 bits per heavy atom. The summed E-state index contributed by atoms with van der Waals surface area (Å²) >= 11 is 0. The highest BCUT2D eigenvalue weighted by atomic mass is 16.1. The molecular formula is C11H15N5O. The summed E-state index contributed by atoms with van der Waals surface area (Å²) in [5.41, 5.74) is -0.0875. The van der Waals surface area contributed by atoms with Crippen molar-refractivity contribution < 1.29 is 0 Å². The Morgan fingerprint density at radius 3 is 2.94 bits per heavy atom. The quantitative estimate of drug-likeness (QED) is 0.820. The van der Waals surface area contributed by atoms with Gasteiger partial charge in [0.1, 0.15) is 0 Å². The van der Waals surface area contributed by atoms with Gasteiger partial charge >= 0.3 is 0 Å². The van der Waals surface area contributed by atoms with Gasteiger partial charge in [-0.1, -0.05) is 0 Å². The Balaban J connectivity index is 1.97. The monoisotopic (exact) mass is 233 g/mol. The third kappa shape index (κ3) is 2.72. The van der Waals surface area contributed by atoms with E-state index in [4.69, 9.17) is 0 Å². The largest absolute Gasteiger partial charge is 0.364 e. The molecule has 6 nitrogen and oxygen atoms in total. The first-order valence-corrected chi connectivity index (χ1v) is 5.58. The minimum absolute atomic E-state index is 0.0875. The molecule has 0 radical (unpaired) electrons. The van der Waals surface area contributed by atoms with Gasteiger partial charge in [-0.3, -0.25) is 9.48 Å². The van der Waals surface area contributed by atoms with Gasteiger partial charge in [0.2, 0.25) is 0 Å². The van der Waals surface area contributed by atoms with E-state index in [9.17, 15) is 4.79 Å². The van der Waals surface area contributed by atoms with Crippen LogP contribution in [-0.4, -0.2) is 25.9 Å². The fraction of sp³-hybridized carbons (Fsp3) is 0.364. The molecule has 2 rings (SSSR count). The van der Waals surface area contributed by atoms with Crippen LogP contribution < -0.4 is 10.9 Å². The second kappa shape index (κ2) is 5.29. The summed E-state index contributed by atoms with van der Waals surface area (Å²) in [5, 5.41) is 7.10. The van der Waals surface area contributed by atoms with Gasteiger partial charge < -0.3 is 9.88 Å². The second-order valence-corrected chi connectivity index (χ2v) is 3.56. The number of hydrogen-bond acceptors (Lipinski definition) is 4. The van der Waals surface area contributed by atoms with Crippen LogP contribution in [0.15, 0.2) is 35.6 Å². The number of aromatic nitrogens is 4. The van der Waals surface area contributed by atoms with Gasteiger partial charge in [-0.2, -0.15) is 5.10 Å². The van der Waals surface area contributed by atoms with E-state index < -0.39 is 0 Å². The highest BCUT2D eigenvalue weighted by Gasteiger charge is 2.02. The van der Waals surface area contributed by atoms with Gasteiger partial charge in [0.25, 0.3) is 5.56 Å². The van der Waals surface area contributed by atoms with Crippen molar-refractivity contribution in [2.24, 2.45) is 0 Å². The lowest BCUT2D eigenvalue weighted by molar-refractivity contribution is 0.635. The molecule has 90 valence electrons. The first-order valence-electron chi connectivity index (χ1n) is 5.58. The molecule has 0 saturated heterocycles. The van der Waals surface area contributed by atoms with Crippen LogP contribution in [0.25, 0.3) is 0 Å². The molecule has 2 heterocycles. The maximum atomic E-state index is 11.8. The summed E-state index contributed by atoms with van der Waals surface area (Å²) in [7, 11) is 0. The molecule has 0 aliphatic rings. The number of hydrogen-bond donors (Lipinski definition) is 1. The molecule has 17 heavy (non-hydrogen) atoms. The predicted molar refractivity (Wildman–Crippen MR) is 64.9 cm³/mol. The standard InChI is InChI=1S/C11H15N5O/c1-2-15-8-5-12-10(11(15)17)13-6-9-16-7-3-4-14-16/h3-5,7-8H,2,6,9H2,1H3,(H,12,13). The van der Waals surface area contributed by atoms with Crippen molar-refractivity contribution in [2.75, 3.05) is 11.9 Å². The van der Waals surface area contributed by atoms with E-state index in [1.807, 2.05) is 19.2 Å². The Bertz CT molecular complexity index is 517. The lowest BCUT2D eigenvalue weighted by Gasteiger charge is -2.07. The number of nitrogens with zero attached hydrogens (tertiary/aromatic N) is 4. The second-order valence-electron chi connectivity index (χ2n) is 3.56. The summed E-state index contributed by atoms with van der Waals surface area (Å²) in [6, 6.07) is 1.87.